The highest BCUT2D eigenvalue weighted by Gasteiger charge is 2.01. The van der Waals surface area contributed by atoms with Gasteiger partial charge in [-0.2, -0.15) is 0 Å². The van der Waals surface area contributed by atoms with Crippen LogP contribution in [0.15, 0.2) is 6.20 Å². The molecule has 0 atom stereocenters. The summed E-state index contributed by atoms with van der Waals surface area (Å²) in [4.78, 5) is 8.94. The van der Waals surface area contributed by atoms with Gasteiger partial charge in [0.1, 0.15) is 0 Å². The van der Waals surface area contributed by atoms with Crippen LogP contribution in [0.3, 0.4) is 0 Å². The summed E-state index contributed by atoms with van der Waals surface area (Å²) in [6, 6.07) is 0. The van der Waals surface area contributed by atoms with Crippen molar-refractivity contribution in [2.45, 2.75) is 46.5 Å². The van der Waals surface area contributed by atoms with Crippen molar-refractivity contribution in [3.05, 3.63) is 23.3 Å². The first kappa shape index (κ1) is 10.2. The second-order valence-electron chi connectivity index (χ2n) is 3.39. The Kier molecular flexibility index (Phi) is 3.87. The van der Waals surface area contributed by atoms with E-state index in [-0.39, 0.29) is 0 Å². The molecule has 2 nitrogen and oxygen atoms in total. The molecule has 2 heteroatoms. The van der Waals surface area contributed by atoms with Gasteiger partial charge in [-0.25, -0.2) is 0 Å². The van der Waals surface area contributed by atoms with Gasteiger partial charge in [0, 0.05) is 6.20 Å². The highest BCUT2D eigenvalue weighted by molar-refractivity contribution is 5.12. The zero-order valence-electron chi connectivity index (χ0n) is 8.80. The van der Waals surface area contributed by atoms with E-state index in [9.17, 15) is 0 Å². The molecule has 0 amide bonds. The van der Waals surface area contributed by atoms with Crippen LogP contribution in [0, 0.1) is 6.92 Å². The standard InChI is InChI=1S/C11H18N2/c1-4-6-10-8-12-9(3)11(13-10)7-5-2/h8H,4-7H2,1-3H3. The molecule has 0 N–H and O–H groups in total. The summed E-state index contributed by atoms with van der Waals surface area (Å²) >= 11 is 0. The Morgan fingerprint density at radius 2 is 1.85 bits per heavy atom. The molecular formula is C11H18N2. The second-order valence-corrected chi connectivity index (χ2v) is 3.39. The minimum Gasteiger partial charge on any atom is -0.258 e. The molecule has 0 radical (unpaired) electrons. The van der Waals surface area contributed by atoms with Crippen molar-refractivity contribution in [1.82, 2.24) is 9.97 Å². The monoisotopic (exact) mass is 178 g/mol. The second kappa shape index (κ2) is 4.95. The molecule has 72 valence electrons. The number of hydrogen-bond donors (Lipinski definition) is 0. The van der Waals surface area contributed by atoms with E-state index in [1.807, 2.05) is 13.1 Å². The molecule has 1 aromatic rings. The van der Waals surface area contributed by atoms with E-state index in [4.69, 9.17) is 0 Å². The summed E-state index contributed by atoms with van der Waals surface area (Å²) in [7, 11) is 0. The Balaban J connectivity index is 2.83. The van der Waals surface area contributed by atoms with E-state index in [2.05, 4.69) is 23.8 Å². The number of rotatable bonds is 4. The third kappa shape index (κ3) is 2.79. The molecular weight excluding hydrogens is 160 g/mol. The van der Waals surface area contributed by atoms with Gasteiger partial charge in [0.2, 0.25) is 0 Å². The third-order valence-corrected chi connectivity index (χ3v) is 2.10. The van der Waals surface area contributed by atoms with Crippen molar-refractivity contribution in [3.8, 4) is 0 Å². The molecule has 0 unspecified atom stereocenters. The molecule has 1 aromatic heterocycles. The first-order chi connectivity index (χ1) is 6.27. The minimum absolute atomic E-state index is 1.05. The predicted octanol–water partition coefficient (Wildman–Crippen LogP) is 2.69. The maximum Gasteiger partial charge on any atom is 0.0619 e. The van der Waals surface area contributed by atoms with Crippen molar-refractivity contribution in [2.75, 3.05) is 0 Å². The zero-order chi connectivity index (χ0) is 9.68. The Hall–Kier alpha value is -0.920. The van der Waals surface area contributed by atoms with E-state index in [0.717, 1.165) is 37.1 Å². The Labute approximate surface area is 80.4 Å². The van der Waals surface area contributed by atoms with Crippen molar-refractivity contribution >= 4 is 0 Å². The van der Waals surface area contributed by atoms with Crippen LogP contribution in [0.5, 0.6) is 0 Å². The summed E-state index contributed by atoms with van der Waals surface area (Å²) in [5.41, 5.74) is 3.40. The quantitative estimate of drug-likeness (QED) is 0.708. The summed E-state index contributed by atoms with van der Waals surface area (Å²) in [6.45, 7) is 6.38. The molecule has 0 saturated heterocycles. The molecule has 0 aliphatic rings. The van der Waals surface area contributed by atoms with Crippen molar-refractivity contribution in [3.63, 3.8) is 0 Å². The number of aryl methyl sites for hydroxylation is 3. The van der Waals surface area contributed by atoms with Gasteiger partial charge in [0.05, 0.1) is 17.1 Å². The SMILES string of the molecule is CCCc1cnc(C)c(CCC)n1. The smallest absolute Gasteiger partial charge is 0.0619 e. The summed E-state index contributed by atoms with van der Waals surface area (Å²) in [6.07, 6.45) is 6.28. The minimum atomic E-state index is 1.05. The van der Waals surface area contributed by atoms with Crippen LogP contribution >= 0.6 is 0 Å². The molecule has 0 fully saturated rings. The largest absolute Gasteiger partial charge is 0.258 e. The van der Waals surface area contributed by atoms with E-state index < -0.39 is 0 Å². The molecule has 0 aliphatic carbocycles. The van der Waals surface area contributed by atoms with Crippen LogP contribution in [0.4, 0.5) is 0 Å². The van der Waals surface area contributed by atoms with Gasteiger partial charge in [-0.15, -0.1) is 0 Å². The zero-order valence-corrected chi connectivity index (χ0v) is 8.80. The van der Waals surface area contributed by atoms with Crippen LogP contribution in [0.1, 0.15) is 43.8 Å². The summed E-state index contributed by atoms with van der Waals surface area (Å²) in [5, 5.41) is 0. The predicted molar refractivity (Wildman–Crippen MR) is 54.8 cm³/mol. The molecule has 1 heterocycles. The van der Waals surface area contributed by atoms with Crippen LogP contribution in [0.2, 0.25) is 0 Å². The van der Waals surface area contributed by atoms with Crippen molar-refractivity contribution < 1.29 is 0 Å². The maximum absolute atomic E-state index is 4.59. The van der Waals surface area contributed by atoms with Gasteiger partial charge in [0.15, 0.2) is 0 Å². The molecule has 13 heavy (non-hydrogen) atoms. The lowest BCUT2D eigenvalue weighted by molar-refractivity contribution is 0.801. The number of hydrogen-bond acceptors (Lipinski definition) is 2. The van der Waals surface area contributed by atoms with Gasteiger partial charge < -0.3 is 0 Å². The average molecular weight is 178 g/mol. The first-order valence-corrected chi connectivity index (χ1v) is 5.09. The molecule has 0 aliphatic heterocycles. The van der Waals surface area contributed by atoms with Gasteiger partial charge in [-0.05, 0) is 19.8 Å². The lowest BCUT2D eigenvalue weighted by Gasteiger charge is -2.04. The molecule has 1 rings (SSSR count). The molecule has 0 spiro atoms. The first-order valence-electron chi connectivity index (χ1n) is 5.09. The Bertz CT molecular complexity index is 269. The normalized spacial score (nSPS) is 10.4. The van der Waals surface area contributed by atoms with Crippen LogP contribution in [0.25, 0.3) is 0 Å². The van der Waals surface area contributed by atoms with Gasteiger partial charge in [-0.1, -0.05) is 26.7 Å². The van der Waals surface area contributed by atoms with Crippen molar-refractivity contribution in [1.29, 1.82) is 0 Å². The number of aromatic nitrogens is 2. The maximum atomic E-state index is 4.59. The van der Waals surface area contributed by atoms with Crippen LogP contribution in [-0.2, 0) is 12.8 Å². The van der Waals surface area contributed by atoms with E-state index in [1.54, 1.807) is 0 Å². The number of nitrogens with zero attached hydrogens (tertiary/aromatic N) is 2. The molecule has 0 aromatic carbocycles. The summed E-state index contributed by atoms with van der Waals surface area (Å²) in [5.74, 6) is 0. The van der Waals surface area contributed by atoms with Gasteiger partial charge in [0.25, 0.3) is 0 Å². The van der Waals surface area contributed by atoms with Crippen molar-refractivity contribution in [2.24, 2.45) is 0 Å². The molecule has 0 saturated carbocycles. The summed E-state index contributed by atoms with van der Waals surface area (Å²) < 4.78 is 0. The highest BCUT2D eigenvalue weighted by Crippen LogP contribution is 2.06. The Morgan fingerprint density at radius 1 is 1.15 bits per heavy atom. The van der Waals surface area contributed by atoms with Gasteiger partial charge in [-0.3, -0.25) is 9.97 Å². The fourth-order valence-corrected chi connectivity index (χ4v) is 1.38. The molecule has 0 bridgehead atoms. The Morgan fingerprint density at radius 3 is 2.46 bits per heavy atom. The van der Waals surface area contributed by atoms with Crippen LogP contribution < -0.4 is 0 Å². The third-order valence-electron chi connectivity index (χ3n) is 2.10. The van der Waals surface area contributed by atoms with E-state index in [1.165, 1.54) is 5.69 Å². The van der Waals surface area contributed by atoms with E-state index in [0.29, 0.717) is 0 Å². The lowest BCUT2D eigenvalue weighted by Crippen LogP contribution is -2.01. The lowest BCUT2D eigenvalue weighted by atomic mass is 10.2. The van der Waals surface area contributed by atoms with Gasteiger partial charge >= 0.3 is 0 Å². The highest BCUT2D eigenvalue weighted by atomic mass is 14.8. The van der Waals surface area contributed by atoms with Crippen LogP contribution in [-0.4, -0.2) is 9.97 Å². The fraction of sp³-hybridized carbons (Fsp3) is 0.636. The topological polar surface area (TPSA) is 25.8 Å². The fourth-order valence-electron chi connectivity index (χ4n) is 1.38. The average Bonchev–Trinajstić information content (AvgIpc) is 2.12. The van der Waals surface area contributed by atoms with E-state index >= 15 is 0 Å².